The predicted octanol–water partition coefficient (Wildman–Crippen LogP) is 2.09. The first-order valence-corrected chi connectivity index (χ1v) is 5.27. The monoisotopic (exact) mass is 235 g/mol. The van der Waals surface area contributed by atoms with Gasteiger partial charge in [-0.1, -0.05) is 48.6 Å². The van der Waals surface area contributed by atoms with Crippen LogP contribution in [0.2, 0.25) is 0 Å². The first-order chi connectivity index (χ1) is 7.59. The Kier molecular flexibility index (Phi) is 4.66. The lowest BCUT2D eigenvalue weighted by atomic mass is 10.2. The van der Waals surface area contributed by atoms with Crippen LogP contribution in [-0.4, -0.2) is 22.1 Å². The van der Waals surface area contributed by atoms with Crippen LogP contribution in [-0.2, 0) is 4.79 Å². The molecule has 0 unspecified atom stereocenters. The largest absolute Gasteiger partial charge is 0.480 e. The van der Waals surface area contributed by atoms with E-state index in [0.717, 1.165) is 5.56 Å². The van der Waals surface area contributed by atoms with Gasteiger partial charge in [0.2, 0.25) is 0 Å². The lowest BCUT2D eigenvalue weighted by Gasteiger charge is -2.08. The summed E-state index contributed by atoms with van der Waals surface area (Å²) >= 11 is 4.99. The third-order valence-corrected chi connectivity index (χ3v) is 2.21. The Morgan fingerprint density at radius 3 is 2.62 bits per heavy atom. The fourth-order valence-corrected chi connectivity index (χ4v) is 1.30. The average molecular weight is 235 g/mol. The zero-order valence-corrected chi connectivity index (χ0v) is 9.70. The van der Waals surface area contributed by atoms with Gasteiger partial charge >= 0.3 is 5.97 Å². The van der Waals surface area contributed by atoms with Crippen molar-refractivity contribution in [3.63, 3.8) is 0 Å². The van der Waals surface area contributed by atoms with Gasteiger partial charge in [0, 0.05) is 0 Å². The lowest BCUT2D eigenvalue weighted by molar-refractivity contribution is -0.138. The summed E-state index contributed by atoms with van der Waals surface area (Å²) in [6.07, 6.45) is 3.52. The van der Waals surface area contributed by atoms with Crippen molar-refractivity contribution in [3.05, 3.63) is 42.0 Å². The number of carboxylic acid groups (broad SMARTS) is 1. The minimum Gasteiger partial charge on any atom is -0.480 e. The van der Waals surface area contributed by atoms with Crippen molar-refractivity contribution in [2.24, 2.45) is 0 Å². The number of hydrogen-bond donors (Lipinski definition) is 2. The molecule has 1 atom stereocenters. The second-order valence-electron chi connectivity index (χ2n) is 3.31. The van der Waals surface area contributed by atoms with Gasteiger partial charge in [0.25, 0.3) is 0 Å². The maximum atomic E-state index is 10.6. The van der Waals surface area contributed by atoms with Gasteiger partial charge in [-0.15, -0.1) is 0 Å². The Hall–Kier alpha value is -1.68. The van der Waals surface area contributed by atoms with Gasteiger partial charge in [0.1, 0.15) is 6.04 Å². The average Bonchev–Trinajstić information content (AvgIpc) is 2.27. The molecule has 0 aliphatic rings. The number of aliphatic carboxylic acids is 1. The second-order valence-corrected chi connectivity index (χ2v) is 3.75. The minimum absolute atomic E-state index is 0.416. The molecule has 0 aliphatic heterocycles. The molecule has 2 N–H and O–H groups in total. The van der Waals surface area contributed by atoms with Crippen molar-refractivity contribution < 1.29 is 9.90 Å². The van der Waals surface area contributed by atoms with Crippen molar-refractivity contribution in [2.75, 3.05) is 0 Å². The van der Waals surface area contributed by atoms with Crippen LogP contribution in [0.4, 0.5) is 0 Å². The van der Waals surface area contributed by atoms with E-state index in [1.165, 1.54) is 0 Å². The van der Waals surface area contributed by atoms with Crippen molar-refractivity contribution in [2.45, 2.75) is 13.0 Å². The molecule has 0 spiro atoms. The third-order valence-electron chi connectivity index (χ3n) is 1.96. The molecule has 0 bridgehead atoms. The Labute approximate surface area is 99.8 Å². The van der Waals surface area contributed by atoms with Crippen LogP contribution in [0.15, 0.2) is 36.4 Å². The first kappa shape index (κ1) is 12.4. The molecule has 4 heteroatoms. The molecule has 0 amide bonds. The van der Waals surface area contributed by atoms with Gasteiger partial charge in [-0.3, -0.25) is 4.79 Å². The van der Waals surface area contributed by atoms with E-state index >= 15 is 0 Å². The molecule has 0 aromatic heterocycles. The van der Waals surface area contributed by atoms with Crippen LogP contribution < -0.4 is 5.32 Å². The highest BCUT2D eigenvalue weighted by atomic mass is 32.1. The number of carboxylic acids is 1. The van der Waals surface area contributed by atoms with Gasteiger partial charge < -0.3 is 10.4 Å². The lowest BCUT2D eigenvalue weighted by Crippen LogP contribution is -2.36. The topological polar surface area (TPSA) is 49.3 Å². The maximum Gasteiger partial charge on any atom is 0.325 e. The molecule has 0 fully saturated rings. The van der Waals surface area contributed by atoms with Gasteiger partial charge in [-0.2, -0.15) is 0 Å². The zero-order chi connectivity index (χ0) is 12.0. The molecular weight excluding hydrogens is 222 g/mol. The van der Waals surface area contributed by atoms with Crippen molar-refractivity contribution in [3.8, 4) is 0 Å². The molecular formula is C12H13NO2S. The molecule has 1 aromatic carbocycles. The normalized spacial score (nSPS) is 12.3. The molecule has 0 aliphatic carbocycles. The van der Waals surface area contributed by atoms with Crippen molar-refractivity contribution in [1.29, 1.82) is 0 Å². The summed E-state index contributed by atoms with van der Waals surface area (Å²) in [5, 5.41) is 11.4. The van der Waals surface area contributed by atoms with Crippen LogP contribution in [0.1, 0.15) is 12.5 Å². The molecule has 84 valence electrons. The Morgan fingerprint density at radius 2 is 2.06 bits per heavy atom. The fourth-order valence-electron chi connectivity index (χ4n) is 1.06. The molecule has 1 rings (SSSR count). The van der Waals surface area contributed by atoms with Gasteiger partial charge in [0.15, 0.2) is 0 Å². The van der Waals surface area contributed by atoms with Crippen LogP contribution in [0.25, 0.3) is 6.08 Å². The molecule has 0 saturated heterocycles. The number of benzene rings is 1. The van der Waals surface area contributed by atoms with Crippen molar-refractivity contribution >= 4 is 29.3 Å². The molecule has 0 radical (unpaired) electrons. The van der Waals surface area contributed by atoms with Crippen LogP contribution in [0.5, 0.6) is 0 Å². The summed E-state index contributed by atoms with van der Waals surface area (Å²) in [6.45, 7) is 1.55. The highest BCUT2D eigenvalue weighted by Gasteiger charge is 2.09. The van der Waals surface area contributed by atoms with Crippen molar-refractivity contribution in [1.82, 2.24) is 5.32 Å². The summed E-state index contributed by atoms with van der Waals surface area (Å²) in [6, 6.07) is 9.00. The molecule has 3 nitrogen and oxygen atoms in total. The highest BCUT2D eigenvalue weighted by molar-refractivity contribution is 7.80. The second kappa shape index (κ2) is 6.02. The third kappa shape index (κ3) is 4.23. The standard InChI is InChI=1S/C12H13NO2S/c1-9(12(14)15)13-11(16)8-7-10-5-3-2-4-6-10/h2-9H,1H3,(H,13,16)(H,14,15)/b8-7+/t9-/m1/s1. The van der Waals surface area contributed by atoms with Crippen LogP contribution in [0, 0.1) is 0 Å². The number of carbonyl (C=O) groups is 1. The quantitative estimate of drug-likeness (QED) is 0.620. The molecule has 0 heterocycles. The van der Waals surface area contributed by atoms with E-state index < -0.39 is 12.0 Å². The summed E-state index contributed by atoms with van der Waals surface area (Å²) in [4.78, 5) is 11.0. The van der Waals surface area contributed by atoms with E-state index in [4.69, 9.17) is 17.3 Å². The number of hydrogen-bond acceptors (Lipinski definition) is 2. The molecule has 0 saturated carbocycles. The number of rotatable bonds is 4. The Balaban J connectivity index is 2.52. The van der Waals surface area contributed by atoms with Crippen LogP contribution >= 0.6 is 12.2 Å². The smallest absolute Gasteiger partial charge is 0.325 e. The summed E-state index contributed by atoms with van der Waals surface area (Å²) in [5.74, 6) is -0.921. The van der Waals surface area contributed by atoms with E-state index in [-0.39, 0.29) is 0 Å². The van der Waals surface area contributed by atoms with Gasteiger partial charge in [-0.05, 0) is 18.6 Å². The zero-order valence-electron chi connectivity index (χ0n) is 8.88. The van der Waals surface area contributed by atoms with Gasteiger partial charge in [-0.25, -0.2) is 0 Å². The summed E-state index contributed by atoms with van der Waals surface area (Å²) in [5.41, 5.74) is 1.02. The summed E-state index contributed by atoms with van der Waals surface area (Å²) < 4.78 is 0. The maximum absolute atomic E-state index is 10.6. The predicted molar refractivity (Wildman–Crippen MR) is 68.3 cm³/mol. The van der Waals surface area contributed by atoms with E-state index in [0.29, 0.717) is 4.99 Å². The minimum atomic E-state index is -0.921. The van der Waals surface area contributed by atoms with Crippen LogP contribution in [0.3, 0.4) is 0 Å². The Bertz CT molecular complexity index is 401. The van der Waals surface area contributed by atoms with E-state index in [2.05, 4.69) is 5.32 Å². The van der Waals surface area contributed by atoms with E-state index in [1.807, 2.05) is 36.4 Å². The summed E-state index contributed by atoms with van der Waals surface area (Å²) in [7, 11) is 0. The molecule has 1 aromatic rings. The van der Waals surface area contributed by atoms with E-state index in [1.54, 1.807) is 13.0 Å². The van der Waals surface area contributed by atoms with Gasteiger partial charge in [0.05, 0.1) is 4.99 Å². The fraction of sp³-hybridized carbons (Fsp3) is 0.167. The number of thiocarbonyl (C=S) groups is 1. The molecule has 16 heavy (non-hydrogen) atoms. The first-order valence-electron chi connectivity index (χ1n) is 4.86. The SMILES string of the molecule is C[C@@H](NC(=S)/C=C/c1ccccc1)C(=O)O. The Morgan fingerprint density at radius 1 is 1.44 bits per heavy atom. The number of nitrogens with one attached hydrogen (secondary N) is 1. The highest BCUT2D eigenvalue weighted by Crippen LogP contribution is 2.00. The van der Waals surface area contributed by atoms with E-state index in [9.17, 15) is 4.79 Å².